The van der Waals surface area contributed by atoms with Crippen molar-refractivity contribution in [3.63, 3.8) is 0 Å². The topological polar surface area (TPSA) is 66.4 Å². The van der Waals surface area contributed by atoms with Crippen molar-refractivity contribution in [2.24, 2.45) is 0 Å². The van der Waals surface area contributed by atoms with Crippen LogP contribution in [0.5, 0.6) is 11.5 Å². The van der Waals surface area contributed by atoms with E-state index in [2.05, 4.69) is 6.58 Å². The summed E-state index contributed by atoms with van der Waals surface area (Å²) in [5.41, 5.74) is 0.871. The summed E-state index contributed by atoms with van der Waals surface area (Å²) < 4.78 is 16.3. The minimum absolute atomic E-state index is 0.102. The predicted octanol–water partition coefficient (Wildman–Crippen LogP) is 2.16. The van der Waals surface area contributed by atoms with Crippen molar-refractivity contribution >= 4 is 5.57 Å². The first kappa shape index (κ1) is 16.8. The number of rotatable bonds is 6. The smallest absolute Gasteiger partial charge is 0.180 e. The Labute approximate surface area is 130 Å². The number of aliphatic hydroxyl groups excluding tert-OH is 1. The molecule has 1 N–H and O–H groups in total. The van der Waals surface area contributed by atoms with Gasteiger partial charge in [0.1, 0.15) is 11.7 Å². The zero-order valence-corrected chi connectivity index (χ0v) is 13.1. The second-order valence-electron chi connectivity index (χ2n) is 5.60. The number of hydrogen-bond acceptors (Lipinski definition) is 6. The predicted molar refractivity (Wildman–Crippen MR) is 80.6 cm³/mol. The number of hydrogen-bond donors (Lipinski definition) is 1. The highest BCUT2D eigenvalue weighted by Gasteiger charge is 2.23. The third-order valence-electron chi connectivity index (χ3n) is 3.27. The van der Waals surface area contributed by atoms with Gasteiger partial charge in [0.2, 0.25) is 0 Å². The van der Waals surface area contributed by atoms with Crippen molar-refractivity contribution in [3.05, 3.63) is 30.3 Å². The Kier molecular flexibility index (Phi) is 5.42. The van der Waals surface area contributed by atoms with Crippen LogP contribution in [0.25, 0.3) is 5.57 Å². The van der Waals surface area contributed by atoms with Gasteiger partial charge in [-0.1, -0.05) is 12.6 Å². The highest BCUT2D eigenvalue weighted by Crippen LogP contribution is 2.34. The minimum Gasteiger partial charge on any atom is -0.493 e. The van der Waals surface area contributed by atoms with E-state index in [1.165, 1.54) is 0 Å². The van der Waals surface area contributed by atoms with Gasteiger partial charge in [-0.2, -0.15) is 0 Å². The van der Waals surface area contributed by atoms with E-state index in [1.807, 2.05) is 12.1 Å². The van der Waals surface area contributed by atoms with Crippen molar-refractivity contribution in [2.75, 3.05) is 27.1 Å². The summed E-state index contributed by atoms with van der Waals surface area (Å²) in [6, 6.07) is 5.44. The lowest BCUT2D eigenvalue weighted by Gasteiger charge is -2.26. The fraction of sp³-hybridized carbons (Fsp3) is 0.500. The molecule has 0 saturated carbocycles. The van der Waals surface area contributed by atoms with Gasteiger partial charge in [0.05, 0.1) is 20.3 Å². The summed E-state index contributed by atoms with van der Waals surface area (Å²) in [6.45, 7) is 8.02. The standard InChI is InChI=1S/C16H22O6/c1-11(15-8-19-10-20-22-15)12-5-6-13(14(7-12)18-4)21-16(2,3)9-17/h5-7,15,17H,1,8-10H2,2-4H3. The SMILES string of the molecule is C=C(c1ccc(OC(C)(C)CO)c(OC)c1)C1COCOO1. The zero-order valence-electron chi connectivity index (χ0n) is 13.1. The molecule has 0 radical (unpaired) electrons. The molecule has 1 aliphatic rings. The molecular formula is C16H22O6. The van der Waals surface area contributed by atoms with Crippen LogP contribution in [-0.4, -0.2) is 43.9 Å². The molecular weight excluding hydrogens is 288 g/mol. The Hall–Kier alpha value is -1.60. The molecule has 0 amide bonds. The Morgan fingerprint density at radius 1 is 1.41 bits per heavy atom. The zero-order chi connectivity index (χ0) is 16.2. The second-order valence-corrected chi connectivity index (χ2v) is 5.60. The number of aliphatic hydroxyl groups is 1. The highest BCUT2D eigenvalue weighted by molar-refractivity contribution is 5.69. The molecule has 1 atom stereocenters. The monoisotopic (exact) mass is 310 g/mol. The maximum absolute atomic E-state index is 9.31. The molecule has 2 rings (SSSR count). The molecule has 1 saturated heterocycles. The molecule has 6 heteroatoms. The first-order valence-corrected chi connectivity index (χ1v) is 7.00. The Balaban J connectivity index is 2.19. The van der Waals surface area contributed by atoms with Crippen molar-refractivity contribution < 1.29 is 29.1 Å². The molecule has 1 aromatic rings. The second kappa shape index (κ2) is 7.11. The van der Waals surface area contributed by atoms with Gasteiger partial charge in [-0.15, -0.1) is 0 Å². The highest BCUT2D eigenvalue weighted by atomic mass is 17.2. The third kappa shape index (κ3) is 3.98. The number of benzene rings is 1. The van der Waals surface area contributed by atoms with Crippen LogP contribution in [0.3, 0.4) is 0 Å². The van der Waals surface area contributed by atoms with Gasteiger partial charge in [0.25, 0.3) is 0 Å². The minimum atomic E-state index is -0.694. The van der Waals surface area contributed by atoms with Crippen LogP contribution in [0.2, 0.25) is 0 Å². The van der Waals surface area contributed by atoms with E-state index < -0.39 is 5.60 Å². The number of methoxy groups -OCH3 is 1. The van der Waals surface area contributed by atoms with E-state index in [-0.39, 0.29) is 19.5 Å². The van der Waals surface area contributed by atoms with Crippen molar-refractivity contribution in [1.82, 2.24) is 0 Å². The van der Waals surface area contributed by atoms with Gasteiger partial charge in [-0.05, 0) is 37.1 Å². The van der Waals surface area contributed by atoms with E-state index in [0.29, 0.717) is 18.1 Å². The average molecular weight is 310 g/mol. The third-order valence-corrected chi connectivity index (χ3v) is 3.27. The molecule has 1 aliphatic heterocycles. The van der Waals surface area contributed by atoms with Gasteiger partial charge >= 0.3 is 0 Å². The van der Waals surface area contributed by atoms with E-state index in [1.54, 1.807) is 27.0 Å². The Bertz CT molecular complexity index is 519. The Morgan fingerprint density at radius 3 is 2.77 bits per heavy atom. The maximum atomic E-state index is 9.31. The lowest BCUT2D eigenvalue weighted by molar-refractivity contribution is -0.390. The molecule has 122 valence electrons. The fourth-order valence-electron chi connectivity index (χ4n) is 1.95. The molecule has 0 aliphatic carbocycles. The molecule has 1 aromatic carbocycles. The van der Waals surface area contributed by atoms with Crippen LogP contribution >= 0.6 is 0 Å². The van der Waals surface area contributed by atoms with Gasteiger partial charge in [-0.25, -0.2) is 9.78 Å². The summed E-state index contributed by atoms with van der Waals surface area (Å²) in [6.07, 6.45) is -0.362. The molecule has 0 spiro atoms. The van der Waals surface area contributed by atoms with E-state index in [9.17, 15) is 5.11 Å². The maximum Gasteiger partial charge on any atom is 0.180 e. The normalized spacial score (nSPS) is 18.8. The van der Waals surface area contributed by atoms with Crippen LogP contribution in [0.1, 0.15) is 19.4 Å². The lowest BCUT2D eigenvalue weighted by Crippen LogP contribution is -2.32. The first-order valence-electron chi connectivity index (χ1n) is 7.00. The molecule has 1 heterocycles. The summed E-state index contributed by atoms with van der Waals surface area (Å²) in [5.74, 6) is 1.10. The molecule has 1 unspecified atom stereocenters. The van der Waals surface area contributed by atoms with Crippen LogP contribution < -0.4 is 9.47 Å². The first-order chi connectivity index (χ1) is 10.5. The summed E-state index contributed by atoms with van der Waals surface area (Å²) >= 11 is 0. The van der Waals surface area contributed by atoms with Crippen LogP contribution in [0.4, 0.5) is 0 Å². The van der Waals surface area contributed by atoms with Crippen molar-refractivity contribution in [2.45, 2.75) is 25.6 Å². The van der Waals surface area contributed by atoms with Crippen molar-refractivity contribution in [1.29, 1.82) is 0 Å². The molecule has 0 aromatic heterocycles. The summed E-state index contributed by atoms with van der Waals surface area (Å²) in [7, 11) is 1.56. The van der Waals surface area contributed by atoms with E-state index >= 15 is 0 Å². The lowest BCUT2D eigenvalue weighted by atomic mass is 10.0. The van der Waals surface area contributed by atoms with Crippen LogP contribution in [0.15, 0.2) is 24.8 Å². The number of ether oxygens (including phenoxy) is 3. The summed E-state index contributed by atoms with van der Waals surface area (Å²) in [5, 5.41) is 9.31. The van der Waals surface area contributed by atoms with Crippen molar-refractivity contribution in [3.8, 4) is 11.5 Å². The van der Waals surface area contributed by atoms with Gasteiger partial charge in [-0.3, -0.25) is 0 Å². The summed E-state index contributed by atoms with van der Waals surface area (Å²) in [4.78, 5) is 9.98. The van der Waals surface area contributed by atoms with Gasteiger partial charge < -0.3 is 19.3 Å². The van der Waals surface area contributed by atoms with Crippen LogP contribution in [-0.2, 0) is 14.5 Å². The van der Waals surface area contributed by atoms with E-state index in [0.717, 1.165) is 11.1 Å². The molecule has 1 fully saturated rings. The van der Waals surface area contributed by atoms with Gasteiger partial charge in [0, 0.05) is 0 Å². The average Bonchev–Trinajstić information content (AvgIpc) is 2.55. The van der Waals surface area contributed by atoms with Crippen LogP contribution in [0, 0.1) is 0 Å². The fourth-order valence-corrected chi connectivity index (χ4v) is 1.95. The van der Waals surface area contributed by atoms with Gasteiger partial charge in [0.15, 0.2) is 18.3 Å². The Morgan fingerprint density at radius 2 is 2.18 bits per heavy atom. The van der Waals surface area contributed by atoms with E-state index in [4.69, 9.17) is 24.0 Å². The molecule has 22 heavy (non-hydrogen) atoms. The quantitative estimate of drug-likeness (QED) is 0.812. The molecule has 0 bridgehead atoms. The molecule has 6 nitrogen and oxygen atoms in total. The largest absolute Gasteiger partial charge is 0.493 e.